The number of likely N-dealkylation sites (N-methyl/N-ethyl adjacent to an activating group) is 1. The van der Waals surface area contributed by atoms with Crippen molar-refractivity contribution in [3.8, 4) is 0 Å². The molecule has 1 saturated heterocycles. The zero-order valence-electron chi connectivity index (χ0n) is 14.7. The average Bonchev–Trinajstić information content (AvgIpc) is 2.73. The lowest BCUT2D eigenvalue weighted by Crippen LogP contribution is -2.41. The summed E-state index contributed by atoms with van der Waals surface area (Å²) in [6.07, 6.45) is 3.67. The summed E-state index contributed by atoms with van der Waals surface area (Å²) in [7, 11) is 2.09. The zero-order valence-corrected chi connectivity index (χ0v) is 15.5. The molecule has 2 rings (SSSR count). The second-order valence-electron chi connectivity index (χ2n) is 6.67. The first-order chi connectivity index (χ1) is 11.2. The van der Waals surface area contributed by atoms with Crippen molar-refractivity contribution in [2.75, 3.05) is 39.0 Å². The number of likely N-dealkylation sites (tertiary alicyclic amines) is 1. The molecule has 1 N–H and O–H groups in total. The number of β-amino-alcohol motifs (C(OH)–C–C–N with tert-alkyl or cyclic N) is 1. The van der Waals surface area contributed by atoms with Crippen LogP contribution in [0.1, 0.15) is 31.7 Å². The first-order valence-corrected chi connectivity index (χ1v) is 9.96. The summed E-state index contributed by atoms with van der Waals surface area (Å²) in [5.41, 5.74) is 1.30. The maximum Gasteiger partial charge on any atom is 0.0793 e. The number of aliphatic hydroxyl groups is 1. The van der Waals surface area contributed by atoms with E-state index < -0.39 is 0 Å². The number of hydrogen-bond acceptors (Lipinski definition) is 4. The predicted octanol–water partition coefficient (Wildman–Crippen LogP) is 3.09. The third-order valence-corrected chi connectivity index (χ3v) is 5.59. The van der Waals surface area contributed by atoms with E-state index in [4.69, 9.17) is 0 Å². The van der Waals surface area contributed by atoms with Crippen molar-refractivity contribution in [3.63, 3.8) is 0 Å². The van der Waals surface area contributed by atoms with E-state index in [-0.39, 0.29) is 6.10 Å². The van der Waals surface area contributed by atoms with Gasteiger partial charge in [-0.15, -0.1) is 0 Å². The van der Waals surface area contributed by atoms with Crippen molar-refractivity contribution >= 4 is 11.8 Å². The maximum atomic E-state index is 10.5. The van der Waals surface area contributed by atoms with Gasteiger partial charge in [-0.3, -0.25) is 9.80 Å². The lowest BCUT2D eigenvalue weighted by molar-refractivity contribution is 0.0816. The summed E-state index contributed by atoms with van der Waals surface area (Å²) < 4.78 is 0. The molecule has 2 unspecified atom stereocenters. The molecule has 0 radical (unpaired) electrons. The van der Waals surface area contributed by atoms with Crippen LogP contribution in [0.15, 0.2) is 30.3 Å². The largest absolute Gasteiger partial charge is 0.390 e. The molecule has 1 aliphatic heterocycles. The molecule has 0 aliphatic carbocycles. The van der Waals surface area contributed by atoms with E-state index in [1.807, 2.05) is 6.07 Å². The highest BCUT2D eigenvalue weighted by molar-refractivity contribution is 7.99. The van der Waals surface area contributed by atoms with Crippen LogP contribution in [0.25, 0.3) is 0 Å². The summed E-state index contributed by atoms with van der Waals surface area (Å²) in [5.74, 6) is 1.20. The molecule has 23 heavy (non-hydrogen) atoms. The van der Waals surface area contributed by atoms with Gasteiger partial charge in [0, 0.05) is 31.4 Å². The van der Waals surface area contributed by atoms with Crippen LogP contribution >= 0.6 is 11.8 Å². The van der Waals surface area contributed by atoms with Gasteiger partial charge in [0.25, 0.3) is 0 Å². The van der Waals surface area contributed by atoms with Gasteiger partial charge in [-0.05, 0) is 37.8 Å². The second-order valence-corrected chi connectivity index (χ2v) is 8.25. The Morgan fingerprint density at radius 1 is 1.30 bits per heavy atom. The molecule has 1 aromatic rings. The fourth-order valence-corrected chi connectivity index (χ4v) is 4.51. The molecule has 1 aromatic carbocycles. The van der Waals surface area contributed by atoms with Crippen molar-refractivity contribution in [3.05, 3.63) is 35.9 Å². The summed E-state index contributed by atoms with van der Waals surface area (Å²) in [4.78, 5) is 4.69. The molecule has 130 valence electrons. The molecule has 0 bridgehead atoms. The zero-order chi connectivity index (χ0) is 16.5. The van der Waals surface area contributed by atoms with Crippen molar-refractivity contribution in [2.24, 2.45) is 0 Å². The topological polar surface area (TPSA) is 26.7 Å². The van der Waals surface area contributed by atoms with Crippen LogP contribution in [0.4, 0.5) is 0 Å². The molecule has 0 amide bonds. The predicted molar refractivity (Wildman–Crippen MR) is 101 cm³/mol. The van der Waals surface area contributed by atoms with Crippen LogP contribution in [0.5, 0.6) is 0 Å². The Labute approximate surface area is 146 Å². The minimum Gasteiger partial charge on any atom is -0.390 e. The van der Waals surface area contributed by atoms with Gasteiger partial charge in [0.15, 0.2) is 0 Å². The first kappa shape index (κ1) is 18.8. The summed E-state index contributed by atoms with van der Waals surface area (Å²) >= 11 is 2.08. The van der Waals surface area contributed by atoms with Crippen molar-refractivity contribution in [2.45, 2.75) is 44.1 Å². The third kappa shape index (κ3) is 7.25. The van der Waals surface area contributed by atoms with E-state index in [1.54, 1.807) is 0 Å². The van der Waals surface area contributed by atoms with Crippen LogP contribution < -0.4 is 0 Å². The molecule has 0 saturated carbocycles. The SMILES string of the molecule is CCSC1CCCCN(CC(O)CN(C)Cc2ccccc2)C1. The highest BCUT2D eigenvalue weighted by atomic mass is 32.2. The molecular weight excluding hydrogens is 304 g/mol. The Morgan fingerprint density at radius 2 is 2.09 bits per heavy atom. The minimum absolute atomic E-state index is 0.269. The number of rotatable bonds is 8. The molecule has 2 atom stereocenters. The monoisotopic (exact) mass is 336 g/mol. The summed E-state index contributed by atoms with van der Waals surface area (Å²) in [6, 6.07) is 10.5. The Bertz CT molecular complexity index is 429. The Kier molecular flexibility index (Phi) is 8.45. The highest BCUT2D eigenvalue weighted by Crippen LogP contribution is 2.22. The molecule has 0 aromatic heterocycles. The fourth-order valence-electron chi connectivity index (χ4n) is 3.39. The van der Waals surface area contributed by atoms with Gasteiger partial charge < -0.3 is 5.11 Å². The van der Waals surface area contributed by atoms with E-state index in [1.165, 1.54) is 30.6 Å². The van der Waals surface area contributed by atoms with Crippen LogP contribution in [0.2, 0.25) is 0 Å². The number of hydrogen-bond donors (Lipinski definition) is 1. The third-order valence-electron chi connectivity index (χ3n) is 4.40. The van der Waals surface area contributed by atoms with Gasteiger partial charge in [-0.1, -0.05) is 43.7 Å². The van der Waals surface area contributed by atoms with Gasteiger partial charge in [0.1, 0.15) is 0 Å². The normalized spacial score (nSPS) is 21.3. The molecule has 4 heteroatoms. The molecule has 0 spiro atoms. The van der Waals surface area contributed by atoms with Crippen molar-refractivity contribution in [1.29, 1.82) is 0 Å². The van der Waals surface area contributed by atoms with Gasteiger partial charge in [-0.25, -0.2) is 0 Å². The average molecular weight is 337 g/mol. The smallest absolute Gasteiger partial charge is 0.0793 e. The van der Waals surface area contributed by atoms with E-state index in [2.05, 4.69) is 59.8 Å². The molecule has 1 fully saturated rings. The Morgan fingerprint density at radius 3 is 2.83 bits per heavy atom. The van der Waals surface area contributed by atoms with Crippen LogP contribution in [0.3, 0.4) is 0 Å². The number of benzene rings is 1. The number of thioether (sulfide) groups is 1. The van der Waals surface area contributed by atoms with Crippen LogP contribution in [0, 0.1) is 0 Å². The first-order valence-electron chi connectivity index (χ1n) is 8.92. The molecule has 1 aliphatic rings. The highest BCUT2D eigenvalue weighted by Gasteiger charge is 2.20. The Hall–Kier alpha value is -0.550. The molecule has 3 nitrogen and oxygen atoms in total. The van der Waals surface area contributed by atoms with Gasteiger partial charge in [0.2, 0.25) is 0 Å². The fraction of sp³-hybridized carbons (Fsp3) is 0.684. The Balaban J connectivity index is 1.75. The summed E-state index contributed by atoms with van der Waals surface area (Å²) in [5, 5.41) is 11.2. The van der Waals surface area contributed by atoms with E-state index in [9.17, 15) is 5.11 Å². The summed E-state index contributed by atoms with van der Waals surface area (Å²) in [6.45, 7) is 6.95. The quantitative estimate of drug-likeness (QED) is 0.789. The van der Waals surface area contributed by atoms with Crippen LogP contribution in [-0.2, 0) is 6.54 Å². The lowest BCUT2D eigenvalue weighted by atomic mass is 10.2. The van der Waals surface area contributed by atoms with Gasteiger partial charge in [-0.2, -0.15) is 11.8 Å². The standard InChI is InChI=1S/C19H32N2OS/c1-3-23-19-11-7-8-12-21(16-19)15-18(22)14-20(2)13-17-9-5-4-6-10-17/h4-6,9-10,18-19,22H,3,7-8,11-16H2,1-2H3. The van der Waals surface area contributed by atoms with E-state index in [0.29, 0.717) is 0 Å². The van der Waals surface area contributed by atoms with E-state index in [0.717, 1.165) is 38.0 Å². The second kappa shape index (κ2) is 10.3. The molecule has 1 heterocycles. The lowest BCUT2D eigenvalue weighted by Gasteiger charge is -2.28. The van der Waals surface area contributed by atoms with Crippen molar-refractivity contribution in [1.82, 2.24) is 9.80 Å². The minimum atomic E-state index is -0.269. The van der Waals surface area contributed by atoms with Gasteiger partial charge in [0.05, 0.1) is 6.10 Å². The molecular formula is C19H32N2OS. The van der Waals surface area contributed by atoms with Crippen LogP contribution in [-0.4, -0.2) is 65.2 Å². The maximum absolute atomic E-state index is 10.5. The number of aliphatic hydroxyl groups excluding tert-OH is 1. The number of nitrogens with zero attached hydrogens (tertiary/aromatic N) is 2. The van der Waals surface area contributed by atoms with E-state index >= 15 is 0 Å². The van der Waals surface area contributed by atoms with Crippen molar-refractivity contribution < 1.29 is 5.11 Å². The van der Waals surface area contributed by atoms with Gasteiger partial charge >= 0.3 is 0 Å².